The number of benzene rings is 1. The highest BCUT2D eigenvalue weighted by Gasteiger charge is 2.16. The summed E-state index contributed by atoms with van der Waals surface area (Å²) in [5.74, 6) is 0. The summed E-state index contributed by atoms with van der Waals surface area (Å²) in [5, 5.41) is 0.259. The summed E-state index contributed by atoms with van der Waals surface area (Å²) < 4.78 is 32.8. The smallest absolute Gasteiger partial charge is 0.242 e. The molecular formula is C17H20ClN3O3S. The number of pyridine rings is 1. The molecule has 0 aliphatic carbocycles. The van der Waals surface area contributed by atoms with E-state index in [2.05, 4.69) is 14.6 Å². The van der Waals surface area contributed by atoms with Crippen LogP contribution in [-0.2, 0) is 27.8 Å². The van der Waals surface area contributed by atoms with E-state index < -0.39 is 10.0 Å². The van der Waals surface area contributed by atoms with E-state index in [1.54, 1.807) is 0 Å². The molecule has 1 aliphatic heterocycles. The highest BCUT2D eigenvalue weighted by atomic mass is 35.5. The van der Waals surface area contributed by atoms with Gasteiger partial charge in [-0.15, -0.1) is 0 Å². The predicted octanol–water partition coefficient (Wildman–Crippen LogP) is 2.05. The van der Waals surface area contributed by atoms with Gasteiger partial charge >= 0.3 is 0 Å². The molecule has 2 heterocycles. The summed E-state index contributed by atoms with van der Waals surface area (Å²) in [6.07, 6.45) is 1.25. The van der Waals surface area contributed by atoms with Gasteiger partial charge in [0.15, 0.2) is 0 Å². The van der Waals surface area contributed by atoms with Crippen LogP contribution in [0.15, 0.2) is 47.5 Å². The number of nitrogens with one attached hydrogen (secondary N) is 1. The van der Waals surface area contributed by atoms with Gasteiger partial charge in [-0.1, -0.05) is 35.9 Å². The van der Waals surface area contributed by atoms with Crippen molar-refractivity contribution in [1.82, 2.24) is 14.6 Å². The van der Waals surface area contributed by atoms with Crippen LogP contribution in [0.1, 0.15) is 11.1 Å². The zero-order valence-corrected chi connectivity index (χ0v) is 15.3. The molecule has 1 aliphatic rings. The van der Waals surface area contributed by atoms with E-state index in [4.69, 9.17) is 16.3 Å². The van der Waals surface area contributed by atoms with Crippen LogP contribution in [-0.4, -0.2) is 44.6 Å². The third-order valence-corrected chi connectivity index (χ3v) is 5.69. The van der Waals surface area contributed by atoms with Gasteiger partial charge in [-0.25, -0.2) is 18.1 Å². The first kappa shape index (κ1) is 18.3. The summed E-state index contributed by atoms with van der Waals surface area (Å²) in [5.41, 5.74) is 2.07. The standard InChI is InChI=1S/C17H20ClN3O3S/c18-17-6-5-16(12-19-17)25(22,23)20-11-14-3-1-2-4-15(14)13-21-7-9-24-10-8-21/h1-6,12,20H,7-11,13H2. The second-order valence-electron chi connectivity index (χ2n) is 5.80. The third-order valence-electron chi connectivity index (χ3n) is 4.08. The van der Waals surface area contributed by atoms with Crippen molar-refractivity contribution in [2.75, 3.05) is 26.3 Å². The van der Waals surface area contributed by atoms with Crippen molar-refractivity contribution in [2.24, 2.45) is 0 Å². The fraction of sp³-hybridized carbons (Fsp3) is 0.353. The number of nitrogens with zero attached hydrogens (tertiary/aromatic N) is 2. The fourth-order valence-electron chi connectivity index (χ4n) is 2.66. The number of halogens is 1. The number of hydrogen-bond donors (Lipinski definition) is 1. The summed E-state index contributed by atoms with van der Waals surface area (Å²) in [6, 6.07) is 10.8. The van der Waals surface area contributed by atoms with E-state index in [1.807, 2.05) is 24.3 Å². The average molecular weight is 382 g/mol. The minimum Gasteiger partial charge on any atom is -0.379 e. The number of rotatable bonds is 6. The molecule has 1 aromatic heterocycles. The first-order valence-corrected chi connectivity index (χ1v) is 9.89. The molecule has 0 amide bonds. The van der Waals surface area contributed by atoms with Gasteiger partial charge in [-0.2, -0.15) is 0 Å². The zero-order chi connectivity index (χ0) is 17.7. The maximum absolute atomic E-state index is 12.4. The van der Waals surface area contributed by atoms with E-state index in [-0.39, 0.29) is 16.6 Å². The number of hydrogen-bond acceptors (Lipinski definition) is 5. The summed E-state index contributed by atoms with van der Waals surface area (Å²) in [4.78, 5) is 6.23. The average Bonchev–Trinajstić information content (AvgIpc) is 2.62. The number of morpholine rings is 1. The van der Waals surface area contributed by atoms with Gasteiger partial charge in [0.2, 0.25) is 10.0 Å². The SMILES string of the molecule is O=S(=O)(NCc1ccccc1CN1CCOCC1)c1ccc(Cl)nc1. The minimum atomic E-state index is -3.63. The van der Waals surface area contributed by atoms with Gasteiger partial charge in [0.05, 0.1) is 13.2 Å². The lowest BCUT2D eigenvalue weighted by molar-refractivity contribution is 0.0341. The zero-order valence-electron chi connectivity index (χ0n) is 13.7. The molecule has 8 heteroatoms. The maximum atomic E-state index is 12.4. The number of aromatic nitrogens is 1. The van der Waals surface area contributed by atoms with E-state index >= 15 is 0 Å². The molecule has 1 aromatic carbocycles. The molecule has 0 saturated carbocycles. The lowest BCUT2D eigenvalue weighted by Crippen LogP contribution is -2.36. The van der Waals surface area contributed by atoms with Crippen LogP contribution in [0.2, 0.25) is 5.15 Å². The Kier molecular flexibility index (Phi) is 6.03. The van der Waals surface area contributed by atoms with Crippen molar-refractivity contribution in [3.8, 4) is 0 Å². The van der Waals surface area contributed by atoms with E-state index in [1.165, 1.54) is 18.3 Å². The molecule has 3 rings (SSSR count). The Balaban J connectivity index is 1.69. The Bertz CT molecular complexity index is 806. The van der Waals surface area contributed by atoms with Crippen molar-refractivity contribution >= 4 is 21.6 Å². The van der Waals surface area contributed by atoms with Crippen LogP contribution in [0.25, 0.3) is 0 Å². The maximum Gasteiger partial charge on any atom is 0.242 e. The monoisotopic (exact) mass is 381 g/mol. The number of sulfonamides is 1. The molecule has 0 atom stereocenters. The molecule has 6 nitrogen and oxygen atoms in total. The first-order valence-electron chi connectivity index (χ1n) is 8.03. The van der Waals surface area contributed by atoms with Crippen molar-refractivity contribution in [1.29, 1.82) is 0 Å². The molecule has 1 saturated heterocycles. The molecule has 2 aromatic rings. The first-order chi connectivity index (χ1) is 12.0. The van der Waals surface area contributed by atoms with Gasteiger partial charge in [-0.3, -0.25) is 4.90 Å². The topological polar surface area (TPSA) is 71.5 Å². The van der Waals surface area contributed by atoms with Gasteiger partial charge in [-0.05, 0) is 23.3 Å². The second kappa shape index (κ2) is 8.25. The Morgan fingerprint density at radius 3 is 2.52 bits per heavy atom. The Labute approximate surface area is 152 Å². The molecule has 0 radical (unpaired) electrons. The highest BCUT2D eigenvalue weighted by molar-refractivity contribution is 7.89. The minimum absolute atomic E-state index is 0.0996. The molecule has 1 fully saturated rings. The van der Waals surface area contributed by atoms with Crippen LogP contribution in [0.5, 0.6) is 0 Å². The third kappa shape index (κ3) is 4.99. The van der Waals surface area contributed by atoms with Crippen molar-refractivity contribution in [3.05, 3.63) is 58.9 Å². The molecule has 0 spiro atoms. The molecule has 134 valence electrons. The van der Waals surface area contributed by atoms with Crippen molar-refractivity contribution < 1.29 is 13.2 Å². The molecule has 25 heavy (non-hydrogen) atoms. The van der Waals surface area contributed by atoms with Gasteiger partial charge < -0.3 is 4.74 Å². The lowest BCUT2D eigenvalue weighted by Gasteiger charge is -2.27. The van der Waals surface area contributed by atoms with Crippen LogP contribution in [0.3, 0.4) is 0 Å². The normalized spacial score (nSPS) is 16.0. The Hall–Kier alpha value is -1.51. The van der Waals surface area contributed by atoms with Crippen LogP contribution in [0.4, 0.5) is 0 Å². The molecule has 0 bridgehead atoms. The van der Waals surface area contributed by atoms with E-state index in [0.29, 0.717) is 0 Å². The fourth-order valence-corrected chi connectivity index (χ4v) is 3.72. The predicted molar refractivity (Wildman–Crippen MR) is 95.8 cm³/mol. The lowest BCUT2D eigenvalue weighted by atomic mass is 10.1. The van der Waals surface area contributed by atoms with Crippen molar-refractivity contribution in [3.63, 3.8) is 0 Å². The molecule has 0 unspecified atom stereocenters. The van der Waals surface area contributed by atoms with Gasteiger partial charge in [0, 0.05) is 32.4 Å². The Morgan fingerprint density at radius 2 is 1.84 bits per heavy atom. The van der Waals surface area contributed by atoms with E-state index in [9.17, 15) is 8.42 Å². The van der Waals surface area contributed by atoms with Crippen LogP contribution < -0.4 is 4.72 Å². The van der Waals surface area contributed by atoms with Gasteiger partial charge in [0.1, 0.15) is 10.0 Å². The molecular weight excluding hydrogens is 362 g/mol. The van der Waals surface area contributed by atoms with Crippen LogP contribution >= 0.6 is 11.6 Å². The Morgan fingerprint density at radius 1 is 1.12 bits per heavy atom. The van der Waals surface area contributed by atoms with E-state index in [0.717, 1.165) is 44.0 Å². The molecule has 1 N–H and O–H groups in total. The van der Waals surface area contributed by atoms with Crippen LogP contribution in [0, 0.1) is 0 Å². The quantitative estimate of drug-likeness (QED) is 0.775. The summed E-state index contributed by atoms with van der Waals surface area (Å²) in [6.45, 7) is 4.25. The second-order valence-corrected chi connectivity index (χ2v) is 7.95. The van der Waals surface area contributed by atoms with Crippen molar-refractivity contribution in [2.45, 2.75) is 18.0 Å². The van der Waals surface area contributed by atoms with Gasteiger partial charge in [0.25, 0.3) is 0 Å². The number of ether oxygens (including phenoxy) is 1. The summed E-state index contributed by atoms with van der Waals surface area (Å²) >= 11 is 5.71. The largest absolute Gasteiger partial charge is 0.379 e. The summed E-state index contributed by atoms with van der Waals surface area (Å²) in [7, 11) is -3.63. The highest BCUT2D eigenvalue weighted by Crippen LogP contribution is 2.15.